The van der Waals surface area contributed by atoms with Crippen molar-refractivity contribution in [3.63, 3.8) is 0 Å². The summed E-state index contributed by atoms with van der Waals surface area (Å²) in [6.07, 6.45) is 4.25. The maximum absolute atomic E-state index is 9.10. The van der Waals surface area contributed by atoms with Crippen LogP contribution < -0.4 is 10.2 Å². The third-order valence-corrected chi connectivity index (χ3v) is 3.70. The number of hydrogen-bond donors (Lipinski definition) is 2. The van der Waals surface area contributed by atoms with E-state index in [4.69, 9.17) is 10.1 Å². The number of nitrogens with one attached hydrogen (secondary N) is 1. The van der Waals surface area contributed by atoms with Crippen LogP contribution in [0.4, 0.5) is 11.6 Å². The molecule has 0 spiro atoms. The first-order valence-corrected chi connectivity index (χ1v) is 8.16. The lowest BCUT2D eigenvalue weighted by molar-refractivity contribution is 0.288. The van der Waals surface area contributed by atoms with Gasteiger partial charge in [0.15, 0.2) is 0 Å². The summed E-state index contributed by atoms with van der Waals surface area (Å²) in [6.45, 7) is 8.44. The van der Waals surface area contributed by atoms with Crippen LogP contribution in [0, 0.1) is 0 Å². The second-order valence-corrected chi connectivity index (χ2v) is 6.03. The van der Waals surface area contributed by atoms with Crippen LogP contribution >= 0.6 is 0 Å². The van der Waals surface area contributed by atoms with Gasteiger partial charge in [0, 0.05) is 37.7 Å². The second-order valence-electron chi connectivity index (χ2n) is 6.03. The molecule has 0 aromatic carbocycles. The normalized spacial score (nSPS) is 14.5. The Morgan fingerprint density at radius 3 is 2.71 bits per heavy atom. The van der Waals surface area contributed by atoms with Gasteiger partial charge in [-0.1, -0.05) is 6.92 Å². The third kappa shape index (κ3) is 4.56. The highest BCUT2D eigenvalue weighted by molar-refractivity contribution is 5.50. The van der Waals surface area contributed by atoms with E-state index in [1.165, 1.54) is 12.8 Å². The number of aliphatic hydroxyl groups is 1. The van der Waals surface area contributed by atoms with Gasteiger partial charge in [-0.15, -0.1) is 0 Å². The Morgan fingerprint density at radius 1 is 1.38 bits per heavy atom. The molecule has 1 aromatic rings. The summed E-state index contributed by atoms with van der Waals surface area (Å²) in [7, 11) is 0. The Morgan fingerprint density at radius 2 is 2.14 bits per heavy atom. The van der Waals surface area contributed by atoms with Crippen LogP contribution in [0.5, 0.6) is 0 Å². The molecule has 2 rings (SSSR count). The maximum atomic E-state index is 9.10. The van der Waals surface area contributed by atoms with Crippen molar-refractivity contribution >= 4 is 11.6 Å². The summed E-state index contributed by atoms with van der Waals surface area (Å²) in [5, 5.41) is 12.5. The van der Waals surface area contributed by atoms with Crippen molar-refractivity contribution in [1.29, 1.82) is 0 Å². The third-order valence-electron chi connectivity index (χ3n) is 3.70. The molecule has 5 nitrogen and oxygen atoms in total. The molecule has 1 heterocycles. The van der Waals surface area contributed by atoms with Gasteiger partial charge >= 0.3 is 0 Å². The van der Waals surface area contributed by atoms with Crippen molar-refractivity contribution in [1.82, 2.24) is 9.97 Å². The first-order chi connectivity index (χ1) is 10.2. The van der Waals surface area contributed by atoms with Crippen LogP contribution in [0.1, 0.15) is 58.2 Å². The molecule has 1 aromatic heterocycles. The number of aliphatic hydroxyl groups excluding tert-OH is 1. The second kappa shape index (κ2) is 7.59. The van der Waals surface area contributed by atoms with Gasteiger partial charge in [-0.05, 0) is 39.5 Å². The summed E-state index contributed by atoms with van der Waals surface area (Å²) < 4.78 is 0. The predicted molar refractivity (Wildman–Crippen MR) is 87.0 cm³/mol. The average Bonchev–Trinajstić information content (AvgIpc) is 3.29. The van der Waals surface area contributed by atoms with Crippen LogP contribution in [0.3, 0.4) is 0 Å². The zero-order chi connectivity index (χ0) is 15.2. The van der Waals surface area contributed by atoms with Crippen LogP contribution in [0.15, 0.2) is 6.07 Å². The van der Waals surface area contributed by atoms with Gasteiger partial charge in [-0.3, -0.25) is 0 Å². The van der Waals surface area contributed by atoms with Gasteiger partial charge in [0.25, 0.3) is 0 Å². The molecule has 0 saturated heterocycles. The summed E-state index contributed by atoms with van der Waals surface area (Å²) in [6, 6.07) is 2.40. The minimum absolute atomic E-state index is 0.213. The molecule has 0 aliphatic heterocycles. The van der Waals surface area contributed by atoms with Crippen molar-refractivity contribution in [2.45, 2.75) is 58.4 Å². The molecule has 0 bridgehead atoms. The van der Waals surface area contributed by atoms with Gasteiger partial charge in [0.05, 0.1) is 0 Å². The fraction of sp³-hybridized carbons (Fsp3) is 0.750. The number of nitrogens with zero attached hydrogens (tertiary/aromatic N) is 3. The van der Waals surface area contributed by atoms with Crippen LogP contribution in [-0.2, 0) is 0 Å². The summed E-state index contributed by atoms with van der Waals surface area (Å²) in [5.41, 5.74) is 0. The van der Waals surface area contributed by atoms with Crippen LogP contribution in [0.25, 0.3) is 0 Å². The zero-order valence-electron chi connectivity index (χ0n) is 13.5. The van der Waals surface area contributed by atoms with E-state index in [0.29, 0.717) is 12.0 Å². The SMILES string of the molecule is CCCNc1cc(N(CCCO)C(C)C)nc(C2CC2)n1. The highest BCUT2D eigenvalue weighted by atomic mass is 16.3. The first-order valence-electron chi connectivity index (χ1n) is 8.16. The topological polar surface area (TPSA) is 61.3 Å². The van der Waals surface area contributed by atoms with E-state index in [9.17, 15) is 0 Å². The minimum atomic E-state index is 0.213. The molecule has 1 saturated carbocycles. The number of hydrogen-bond acceptors (Lipinski definition) is 5. The van der Waals surface area contributed by atoms with Crippen LogP contribution in [-0.4, -0.2) is 40.8 Å². The fourth-order valence-corrected chi connectivity index (χ4v) is 2.35. The van der Waals surface area contributed by atoms with E-state index in [2.05, 4.69) is 36.0 Å². The molecule has 1 aliphatic carbocycles. The monoisotopic (exact) mass is 292 g/mol. The number of rotatable bonds is 9. The Labute approximate surface area is 127 Å². The fourth-order valence-electron chi connectivity index (χ4n) is 2.35. The van der Waals surface area contributed by atoms with Crippen molar-refractivity contribution in [3.8, 4) is 0 Å². The van der Waals surface area contributed by atoms with Gasteiger partial charge in [0.2, 0.25) is 0 Å². The summed E-state index contributed by atoms with van der Waals surface area (Å²) in [4.78, 5) is 11.7. The average molecular weight is 292 g/mol. The molecule has 1 fully saturated rings. The lowest BCUT2D eigenvalue weighted by Crippen LogP contribution is -2.33. The van der Waals surface area contributed by atoms with E-state index in [0.717, 1.165) is 43.4 Å². The highest BCUT2D eigenvalue weighted by Gasteiger charge is 2.28. The molecular weight excluding hydrogens is 264 g/mol. The highest BCUT2D eigenvalue weighted by Crippen LogP contribution is 2.39. The standard InChI is InChI=1S/C16H28N4O/c1-4-8-17-14-11-15(19-16(18-14)13-6-7-13)20(12(2)3)9-5-10-21/h11-13,21H,4-10H2,1-3H3,(H,17,18,19). The van der Waals surface area contributed by atoms with Gasteiger partial charge < -0.3 is 15.3 Å². The summed E-state index contributed by atoms with van der Waals surface area (Å²) >= 11 is 0. The molecular formula is C16H28N4O. The maximum Gasteiger partial charge on any atom is 0.136 e. The van der Waals surface area contributed by atoms with Crippen molar-refractivity contribution in [3.05, 3.63) is 11.9 Å². The van der Waals surface area contributed by atoms with E-state index in [1.807, 2.05) is 6.07 Å². The van der Waals surface area contributed by atoms with Crippen molar-refractivity contribution < 1.29 is 5.11 Å². The van der Waals surface area contributed by atoms with Crippen molar-refractivity contribution in [2.24, 2.45) is 0 Å². The van der Waals surface area contributed by atoms with Gasteiger partial charge in [-0.25, -0.2) is 9.97 Å². The quantitative estimate of drug-likeness (QED) is 0.733. The molecule has 2 N–H and O–H groups in total. The van der Waals surface area contributed by atoms with E-state index < -0.39 is 0 Å². The van der Waals surface area contributed by atoms with E-state index in [-0.39, 0.29) is 6.61 Å². The molecule has 0 unspecified atom stereocenters. The molecule has 0 amide bonds. The Hall–Kier alpha value is -1.36. The molecule has 118 valence electrons. The van der Waals surface area contributed by atoms with E-state index >= 15 is 0 Å². The number of anilines is 2. The number of aromatic nitrogens is 2. The Bertz CT molecular complexity index is 446. The lowest BCUT2D eigenvalue weighted by atomic mass is 10.2. The predicted octanol–water partition coefficient (Wildman–Crippen LogP) is 2.77. The Kier molecular flexibility index (Phi) is 5.79. The zero-order valence-corrected chi connectivity index (χ0v) is 13.5. The van der Waals surface area contributed by atoms with Gasteiger partial charge in [0.1, 0.15) is 17.5 Å². The molecule has 1 aliphatic rings. The first kappa shape index (κ1) is 16.0. The smallest absolute Gasteiger partial charge is 0.136 e. The molecule has 5 heteroatoms. The minimum Gasteiger partial charge on any atom is -0.396 e. The lowest BCUT2D eigenvalue weighted by Gasteiger charge is -2.28. The van der Waals surface area contributed by atoms with E-state index in [1.54, 1.807) is 0 Å². The van der Waals surface area contributed by atoms with Crippen LogP contribution in [0.2, 0.25) is 0 Å². The van der Waals surface area contributed by atoms with Crippen molar-refractivity contribution in [2.75, 3.05) is 29.9 Å². The summed E-state index contributed by atoms with van der Waals surface area (Å²) in [5.74, 6) is 3.42. The largest absolute Gasteiger partial charge is 0.396 e. The molecule has 0 radical (unpaired) electrons. The molecule has 21 heavy (non-hydrogen) atoms. The Balaban J connectivity index is 2.23. The van der Waals surface area contributed by atoms with Gasteiger partial charge in [-0.2, -0.15) is 0 Å². The molecule has 0 atom stereocenters.